The van der Waals surface area contributed by atoms with E-state index in [1.807, 2.05) is 30.3 Å². The first-order chi connectivity index (χ1) is 17.1. The van der Waals surface area contributed by atoms with Gasteiger partial charge in [-0.15, -0.1) is 0 Å². The largest absolute Gasteiger partial charge is 0.493 e. The molecule has 0 aliphatic carbocycles. The maximum atomic E-state index is 13.7. The minimum Gasteiger partial charge on any atom is -0.493 e. The number of methoxy groups -OCH3 is 5. The number of carbonyl (C=O) groups is 1. The molecule has 0 unspecified atom stereocenters. The molecule has 0 fully saturated rings. The molecule has 0 radical (unpaired) electrons. The van der Waals surface area contributed by atoms with Gasteiger partial charge in [-0.25, -0.2) is 0 Å². The topological polar surface area (TPSA) is 81.7 Å². The van der Waals surface area contributed by atoms with Crippen molar-refractivity contribution in [2.75, 3.05) is 42.3 Å². The van der Waals surface area contributed by atoms with E-state index in [-0.39, 0.29) is 12.6 Å². The van der Waals surface area contributed by atoms with Gasteiger partial charge in [-0.3, -0.25) is 4.79 Å². The maximum absolute atomic E-state index is 13.7. The van der Waals surface area contributed by atoms with Gasteiger partial charge in [0.2, 0.25) is 5.75 Å². The molecule has 0 aliphatic heterocycles. The lowest BCUT2D eigenvalue weighted by molar-refractivity contribution is -0.106. The van der Waals surface area contributed by atoms with E-state index < -0.39 is 6.29 Å². The van der Waals surface area contributed by atoms with Gasteiger partial charge in [-0.05, 0) is 35.9 Å². The van der Waals surface area contributed by atoms with E-state index in [0.717, 1.165) is 5.56 Å². The Labute approximate surface area is 205 Å². The highest BCUT2D eigenvalue weighted by atomic mass is 16.7. The van der Waals surface area contributed by atoms with Crippen LogP contribution in [0.4, 0.5) is 0 Å². The fourth-order valence-corrected chi connectivity index (χ4v) is 3.57. The Morgan fingerprint density at radius 1 is 0.800 bits per heavy atom. The Bertz CT molecular complexity index is 1110. The summed E-state index contributed by atoms with van der Waals surface area (Å²) in [7, 11) is 7.50. The highest BCUT2D eigenvalue weighted by molar-refractivity contribution is 6.10. The summed E-state index contributed by atoms with van der Waals surface area (Å²) in [6.45, 7) is 0.360. The van der Waals surface area contributed by atoms with E-state index >= 15 is 0 Å². The van der Waals surface area contributed by atoms with Crippen molar-refractivity contribution in [1.29, 1.82) is 0 Å². The SMILES string of the molecule is COCOc1cc(C(=O)c2ccc(OCc3ccccc3)cc2C(OC)OC)cc(OC)c1OC. The molecule has 0 amide bonds. The molecule has 3 aromatic rings. The molecule has 8 nitrogen and oxygen atoms in total. The fourth-order valence-electron chi connectivity index (χ4n) is 3.57. The van der Waals surface area contributed by atoms with Crippen LogP contribution in [0.1, 0.15) is 33.3 Å². The van der Waals surface area contributed by atoms with Gasteiger partial charge in [-0.2, -0.15) is 0 Å². The average Bonchev–Trinajstić information content (AvgIpc) is 2.91. The Hall–Kier alpha value is -3.59. The first-order valence-electron chi connectivity index (χ1n) is 10.8. The van der Waals surface area contributed by atoms with Crippen LogP contribution in [0, 0.1) is 0 Å². The molecule has 0 aliphatic rings. The van der Waals surface area contributed by atoms with Crippen molar-refractivity contribution < 1.29 is 38.0 Å². The highest BCUT2D eigenvalue weighted by Crippen LogP contribution is 2.39. The van der Waals surface area contributed by atoms with Gasteiger partial charge in [0, 0.05) is 38.0 Å². The Kier molecular flexibility index (Phi) is 9.48. The summed E-state index contributed by atoms with van der Waals surface area (Å²) in [5.74, 6) is 1.32. The number of ether oxygens (including phenoxy) is 7. The van der Waals surface area contributed by atoms with E-state index in [4.69, 9.17) is 33.2 Å². The summed E-state index contributed by atoms with van der Waals surface area (Å²) in [6.07, 6.45) is -0.779. The number of hydrogen-bond acceptors (Lipinski definition) is 8. The van der Waals surface area contributed by atoms with Crippen molar-refractivity contribution in [2.45, 2.75) is 12.9 Å². The summed E-state index contributed by atoms with van der Waals surface area (Å²) < 4.78 is 38.3. The van der Waals surface area contributed by atoms with Gasteiger partial charge in [0.25, 0.3) is 0 Å². The molecule has 0 N–H and O–H groups in total. The fraction of sp³-hybridized carbons (Fsp3) is 0.296. The van der Waals surface area contributed by atoms with E-state index in [9.17, 15) is 4.79 Å². The van der Waals surface area contributed by atoms with Crippen LogP contribution in [0.25, 0.3) is 0 Å². The van der Waals surface area contributed by atoms with Crippen molar-refractivity contribution in [1.82, 2.24) is 0 Å². The lowest BCUT2D eigenvalue weighted by Gasteiger charge is -2.19. The van der Waals surface area contributed by atoms with Crippen LogP contribution in [0.15, 0.2) is 60.7 Å². The normalized spacial score (nSPS) is 10.8. The second kappa shape index (κ2) is 12.8. The average molecular weight is 483 g/mol. The van der Waals surface area contributed by atoms with Gasteiger partial charge in [0.15, 0.2) is 30.4 Å². The van der Waals surface area contributed by atoms with Crippen LogP contribution in [0.3, 0.4) is 0 Å². The third kappa shape index (κ3) is 6.30. The summed E-state index contributed by atoms with van der Waals surface area (Å²) >= 11 is 0. The zero-order valence-electron chi connectivity index (χ0n) is 20.5. The Balaban J connectivity index is 1.99. The van der Waals surface area contributed by atoms with Crippen LogP contribution in [-0.4, -0.2) is 48.1 Å². The molecule has 3 rings (SSSR count). The smallest absolute Gasteiger partial charge is 0.203 e. The molecule has 0 spiro atoms. The molecule has 0 saturated heterocycles. The molecule has 0 atom stereocenters. The molecular weight excluding hydrogens is 452 g/mol. The van der Waals surface area contributed by atoms with Crippen molar-refractivity contribution in [3.8, 4) is 23.0 Å². The van der Waals surface area contributed by atoms with Gasteiger partial charge < -0.3 is 33.2 Å². The van der Waals surface area contributed by atoms with Crippen molar-refractivity contribution >= 4 is 5.78 Å². The first-order valence-corrected chi connectivity index (χ1v) is 10.8. The van der Waals surface area contributed by atoms with Gasteiger partial charge in [0.05, 0.1) is 14.2 Å². The van der Waals surface area contributed by atoms with Crippen LogP contribution in [-0.2, 0) is 20.8 Å². The predicted octanol–water partition coefficient (Wildman–Crippen LogP) is 4.79. The Morgan fingerprint density at radius 3 is 2.14 bits per heavy atom. The van der Waals surface area contributed by atoms with E-state index in [1.165, 1.54) is 35.5 Å². The van der Waals surface area contributed by atoms with Crippen molar-refractivity contribution in [3.05, 3.63) is 82.9 Å². The molecule has 8 heteroatoms. The van der Waals surface area contributed by atoms with Gasteiger partial charge in [0.1, 0.15) is 12.4 Å². The molecule has 35 heavy (non-hydrogen) atoms. The molecule has 186 valence electrons. The molecule has 0 bridgehead atoms. The van der Waals surface area contributed by atoms with Crippen LogP contribution < -0.4 is 18.9 Å². The van der Waals surface area contributed by atoms with Crippen molar-refractivity contribution in [2.24, 2.45) is 0 Å². The van der Waals surface area contributed by atoms with Crippen LogP contribution in [0.5, 0.6) is 23.0 Å². The third-order valence-corrected chi connectivity index (χ3v) is 5.24. The minimum atomic E-state index is -0.779. The van der Waals surface area contributed by atoms with Gasteiger partial charge in [-0.1, -0.05) is 30.3 Å². The number of hydrogen-bond donors (Lipinski definition) is 0. The minimum absolute atomic E-state index is 0.0225. The maximum Gasteiger partial charge on any atom is 0.203 e. The Morgan fingerprint density at radius 2 is 1.51 bits per heavy atom. The lowest BCUT2D eigenvalue weighted by Crippen LogP contribution is -2.13. The lowest BCUT2D eigenvalue weighted by atomic mass is 9.97. The molecular formula is C27H30O8. The number of rotatable bonds is 13. The first kappa shape index (κ1) is 26.0. The number of benzene rings is 3. The van der Waals surface area contributed by atoms with Crippen molar-refractivity contribution in [3.63, 3.8) is 0 Å². The molecule has 0 heterocycles. The van der Waals surface area contributed by atoms with Gasteiger partial charge >= 0.3 is 0 Å². The number of ketones is 1. The molecule has 0 saturated carbocycles. The summed E-state index contributed by atoms with van der Waals surface area (Å²) in [5, 5.41) is 0. The monoisotopic (exact) mass is 482 g/mol. The molecule has 0 aromatic heterocycles. The second-order valence-electron chi connectivity index (χ2n) is 7.42. The quantitative estimate of drug-likeness (QED) is 0.254. The van der Waals surface area contributed by atoms with E-state index in [2.05, 4.69) is 0 Å². The second-order valence-corrected chi connectivity index (χ2v) is 7.42. The van der Waals surface area contributed by atoms with Crippen LogP contribution >= 0.6 is 0 Å². The number of carbonyl (C=O) groups excluding carboxylic acids is 1. The summed E-state index contributed by atoms with van der Waals surface area (Å²) in [6, 6.07) is 18.2. The highest BCUT2D eigenvalue weighted by Gasteiger charge is 2.24. The standard InChI is InChI=1S/C27H30O8/c1-29-17-35-24-14-19(13-23(30-2)26(24)31-3)25(28)21-12-11-20(15-22(21)27(32-4)33-5)34-16-18-9-7-6-8-10-18/h6-15,27H,16-17H2,1-5H3. The zero-order chi connectivity index (χ0) is 25.2. The van der Waals surface area contributed by atoms with E-state index in [0.29, 0.717) is 46.3 Å². The zero-order valence-corrected chi connectivity index (χ0v) is 20.5. The summed E-state index contributed by atoms with van der Waals surface area (Å²) in [4.78, 5) is 13.7. The predicted molar refractivity (Wildman–Crippen MR) is 129 cm³/mol. The van der Waals surface area contributed by atoms with E-state index in [1.54, 1.807) is 30.3 Å². The van der Waals surface area contributed by atoms with Crippen LogP contribution in [0.2, 0.25) is 0 Å². The summed E-state index contributed by atoms with van der Waals surface area (Å²) in [5.41, 5.74) is 2.27. The third-order valence-electron chi connectivity index (χ3n) is 5.24. The molecule has 3 aromatic carbocycles.